The highest BCUT2D eigenvalue weighted by Gasteiger charge is 2.28. The van der Waals surface area contributed by atoms with E-state index in [1.165, 1.54) is 0 Å². The molecule has 1 N–H and O–H groups in total. The second-order valence-corrected chi connectivity index (χ2v) is 5.24. The van der Waals surface area contributed by atoms with E-state index in [-0.39, 0.29) is 11.8 Å². The van der Waals surface area contributed by atoms with Crippen LogP contribution in [0.5, 0.6) is 0 Å². The Kier molecular flexibility index (Phi) is 3.79. The SMILES string of the molecule is CC1CCN(C(=O)c2cccc(Br)n2)CC1O. The van der Waals surface area contributed by atoms with E-state index in [9.17, 15) is 9.90 Å². The lowest BCUT2D eigenvalue weighted by molar-refractivity contribution is 0.0245. The standard InChI is InChI=1S/C12H15BrN2O2/c1-8-5-6-15(7-10(8)16)12(17)9-3-2-4-11(13)14-9/h2-4,8,10,16H,5-7H2,1H3. The number of aliphatic hydroxyl groups excluding tert-OH is 1. The van der Waals surface area contributed by atoms with Crippen LogP contribution in [0, 0.1) is 5.92 Å². The average molecular weight is 299 g/mol. The first-order chi connectivity index (χ1) is 8.08. The van der Waals surface area contributed by atoms with Crippen molar-refractivity contribution < 1.29 is 9.90 Å². The van der Waals surface area contributed by atoms with Gasteiger partial charge in [-0.05, 0) is 40.4 Å². The number of pyridine rings is 1. The number of aliphatic hydroxyl groups is 1. The molecule has 1 fully saturated rings. The summed E-state index contributed by atoms with van der Waals surface area (Å²) >= 11 is 3.24. The Morgan fingerprint density at radius 1 is 1.59 bits per heavy atom. The lowest BCUT2D eigenvalue weighted by Gasteiger charge is -2.34. The molecule has 0 aliphatic carbocycles. The zero-order chi connectivity index (χ0) is 12.4. The molecule has 2 rings (SSSR count). The second-order valence-electron chi connectivity index (χ2n) is 4.43. The van der Waals surface area contributed by atoms with E-state index in [2.05, 4.69) is 20.9 Å². The van der Waals surface area contributed by atoms with E-state index in [0.717, 1.165) is 6.42 Å². The maximum atomic E-state index is 12.1. The number of carbonyl (C=O) groups excluding carboxylic acids is 1. The molecule has 92 valence electrons. The molecular weight excluding hydrogens is 284 g/mol. The Labute approximate surface area is 109 Å². The van der Waals surface area contributed by atoms with Gasteiger partial charge in [-0.2, -0.15) is 0 Å². The van der Waals surface area contributed by atoms with E-state index in [1.807, 2.05) is 6.92 Å². The van der Waals surface area contributed by atoms with Crippen LogP contribution in [0.25, 0.3) is 0 Å². The molecule has 0 saturated carbocycles. The predicted octanol–water partition coefficient (Wildman–Crippen LogP) is 1.69. The highest BCUT2D eigenvalue weighted by Crippen LogP contribution is 2.18. The number of hydrogen-bond donors (Lipinski definition) is 1. The van der Waals surface area contributed by atoms with E-state index >= 15 is 0 Å². The fourth-order valence-electron chi connectivity index (χ4n) is 1.92. The number of amides is 1. The summed E-state index contributed by atoms with van der Waals surface area (Å²) in [6.07, 6.45) is 0.404. The number of likely N-dealkylation sites (tertiary alicyclic amines) is 1. The molecule has 0 spiro atoms. The Bertz CT molecular complexity index is 425. The lowest BCUT2D eigenvalue weighted by Crippen LogP contribution is -2.46. The molecule has 1 aromatic rings. The zero-order valence-electron chi connectivity index (χ0n) is 9.64. The summed E-state index contributed by atoms with van der Waals surface area (Å²) in [6.45, 7) is 3.09. The maximum absolute atomic E-state index is 12.1. The van der Waals surface area contributed by atoms with Crippen LogP contribution in [0.1, 0.15) is 23.8 Å². The molecule has 1 amide bonds. The van der Waals surface area contributed by atoms with Gasteiger partial charge in [0.05, 0.1) is 6.10 Å². The van der Waals surface area contributed by atoms with Crippen LogP contribution in [0.2, 0.25) is 0 Å². The van der Waals surface area contributed by atoms with Gasteiger partial charge >= 0.3 is 0 Å². The van der Waals surface area contributed by atoms with Gasteiger partial charge in [-0.15, -0.1) is 0 Å². The molecule has 1 aromatic heterocycles. The summed E-state index contributed by atoms with van der Waals surface area (Å²) in [5.41, 5.74) is 0.418. The molecule has 17 heavy (non-hydrogen) atoms. The van der Waals surface area contributed by atoms with Crippen molar-refractivity contribution in [3.05, 3.63) is 28.5 Å². The van der Waals surface area contributed by atoms with Crippen molar-refractivity contribution in [1.82, 2.24) is 9.88 Å². The van der Waals surface area contributed by atoms with Gasteiger partial charge in [0, 0.05) is 13.1 Å². The van der Waals surface area contributed by atoms with Crippen LogP contribution in [0.15, 0.2) is 22.8 Å². The fraction of sp³-hybridized carbons (Fsp3) is 0.500. The molecule has 4 nitrogen and oxygen atoms in total. The Morgan fingerprint density at radius 3 is 3.00 bits per heavy atom. The molecule has 5 heteroatoms. The second kappa shape index (κ2) is 5.14. The monoisotopic (exact) mass is 298 g/mol. The van der Waals surface area contributed by atoms with Gasteiger partial charge in [-0.3, -0.25) is 4.79 Å². The minimum Gasteiger partial charge on any atom is -0.391 e. The Hall–Kier alpha value is -0.940. The van der Waals surface area contributed by atoms with Crippen LogP contribution >= 0.6 is 15.9 Å². The molecule has 2 atom stereocenters. The molecule has 1 aliphatic heterocycles. The summed E-state index contributed by atoms with van der Waals surface area (Å²) in [4.78, 5) is 17.9. The summed E-state index contributed by atoms with van der Waals surface area (Å²) in [7, 11) is 0. The van der Waals surface area contributed by atoms with Crippen LogP contribution in [-0.4, -0.2) is 40.1 Å². The van der Waals surface area contributed by atoms with Crippen molar-refractivity contribution in [2.75, 3.05) is 13.1 Å². The molecule has 0 aromatic carbocycles. The number of hydrogen-bond acceptors (Lipinski definition) is 3. The lowest BCUT2D eigenvalue weighted by atomic mass is 9.96. The molecule has 1 saturated heterocycles. The summed E-state index contributed by atoms with van der Waals surface area (Å²) < 4.78 is 0.647. The van der Waals surface area contributed by atoms with Crippen molar-refractivity contribution in [3.8, 4) is 0 Å². The molecule has 2 unspecified atom stereocenters. The molecular formula is C12H15BrN2O2. The number of aromatic nitrogens is 1. The van der Waals surface area contributed by atoms with Crippen molar-refractivity contribution in [3.63, 3.8) is 0 Å². The normalized spacial score (nSPS) is 24.8. The van der Waals surface area contributed by atoms with Crippen LogP contribution in [0.4, 0.5) is 0 Å². The van der Waals surface area contributed by atoms with Crippen molar-refractivity contribution in [2.45, 2.75) is 19.4 Å². The summed E-state index contributed by atoms with van der Waals surface area (Å²) in [5, 5.41) is 9.77. The highest BCUT2D eigenvalue weighted by atomic mass is 79.9. The van der Waals surface area contributed by atoms with Crippen molar-refractivity contribution in [2.24, 2.45) is 5.92 Å². The largest absolute Gasteiger partial charge is 0.391 e. The minimum atomic E-state index is -0.431. The molecule has 0 radical (unpaired) electrons. The number of rotatable bonds is 1. The van der Waals surface area contributed by atoms with Gasteiger partial charge in [0.1, 0.15) is 10.3 Å². The number of carbonyl (C=O) groups is 1. The van der Waals surface area contributed by atoms with Gasteiger partial charge in [-0.25, -0.2) is 4.98 Å². The smallest absolute Gasteiger partial charge is 0.272 e. The number of nitrogens with zero attached hydrogens (tertiary/aromatic N) is 2. The van der Waals surface area contributed by atoms with E-state index in [1.54, 1.807) is 23.1 Å². The predicted molar refractivity (Wildman–Crippen MR) is 67.6 cm³/mol. The third kappa shape index (κ3) is 2.84. The third-order valence-electron chi connectivity index (χ3n) is 3.14. The third-order valence-corrected chi connectivity index (χ3v) is 3.58. The summed E-state index contributed by atoms with van der Waals surface area (Å²) in [6, 6.07) is 5.26. The van der Waals surface area contributed by atoms with Crippen LogP contribution in [-0.2, 0) is 0 Å². The first-order valence-corrected chi connectivity index (χ1v) is 6.47. The minimum absolute atomic E-state index is 0.114. The van der Waals surface area contributed by atoms with Crippen LogP contribution in [0.3, 0.4) is 0 Å². The molecule has 1 aliphatic rings. The van der Waals surface area contributed by atoms with E-state index in [0.29, 0.717) is 23.4 Å². The van der Waals surface area contributed by atoms with Gasteiger partial charge in [0.25, 0.3) is 5.91 Å². The zero-order valence-corrected chi connectivity index (χ0v) is 11.2. The first-order valence-electron chi connectivity index (χ1n) is 5.68. The van der Waals surface area contributed by atoms with Gasteiger partial charge in [0.2, 0.25) is 0 Å². The quantitative estimate of drug-likeness (QED) is 0.803. The number of halogens is 1. The van der Waals surface area contributed by atoms with E-state index in [4.69, 9.17) is 0 Å². The number of piperidine rings is 1. The maximum Gasteiger partial charge on any atom is 0.272 e. The van der Waals surface area contributed by atoms with Crippen molar-refractivity contribution in [1.29, 1.82) is 0 Å². The first kappa shape index (κ1) is 12.5. The van der Waals surface area contributed by atoms with Crippen LogP contribution < -0.4 is 0 Å². The Morgan fingerprint density at radius 2 is 2.35 bits per heavy atom. The fourth-order valence-corrected chi connectivity index (χ4v) is 2.27. The van der Waals surface area contributed by atoms with Gasteiger partial charge < -0.3 is 10.0 Å². The topological polar surface area (TPSA) is 53.4 Å². The Balaban J connectivity index is 2.10. The van der Waals surface area contributed by atoms with Crippen molar-refractivity contribution >= 4 is 21.8 Å². The summed E-state index contributed by atoms with van der Waals surface area (Å²) in [5.74, 6) is 0.145. The molecule has 2 heterocycles. The van der Waals surface area contributed by atoms with Gasteiger partial charge in [0.15, 0.2) is 0 Å². The average Bonchev–Trinajstić information content (AvgIpc) is 2.32. The van der Waals surface area contributed by atoms with E-state index < -0.39 is 6.10 Å². The highest BCUT2D eigenvalue weighted by molar-refractivity contribution is 9.10. The molecule has 0 bridgehead atoms. The number of β-amino-alcohol motifs (C(OH)–C–C–N with tert-alkyl or cyclic N) is 1. The van der Waals surface area contributed by atoms with Gasteiger partial charge in [-0.1, -0.05) is 13.0 Å².